The second kappa shape index (κ2) is 6.95. The van der Waals surface area contributed by atoms with Gasteiger partial charge in [0.05, 0.1) is 17.3 Å². The Morgan fingerprint density at radius 1 is 1.40 bits per heavy atom. The zero-order valence-corrected chi connectivity index (χ0v) is 12.6. The van der Waals surface area contributed by atoms with Crippen molar-refractivity contribution in [3.8, 4) is 0 Å². The maximum Gasteiger partial charge on any atom is 0.238 e. The fourth-order valence-electron chi connectivity index (χ4n) is 2.70. The summed E-state index contributed by atoms with van der Waals surface area (Å²) in [5.74, 6) is -0.0373. The lowest BCUT2D eigenvalue weighted by atomic mass is 9.94. The van der Waals surface area contributed by atoms with Crippen molar-refractivity contribution in [1.82, 2.24) is 4.90 Å². The molecule has 2 rings (SSSR count). The molecule has 0 radical (unpaired) electrons. The number of rotatable bonds is 4. The number of nitrogens with two attached hydrogens (primary N) is 1. The molecule has 1 saturated carbocycles. The number of anilines is 2. The maximum atomic E-state index is 12.1. The molecule has 20 heavy (non-hydrogen) atoms. The second-order valence-corrected chi connectivity index (χ2v) is 5.90. The van der Waals surface area contributed by atoms with Crippen LogP contribution in [0.15, 0.2) is 18.2 Å². The molecule has 0 heterocycles. The number of halogens is 1. The first kappa shape index (κ1) is 15.1. The van der Waals surface area contributed by atoms with Gasteiger partial charge in [-0.2, -0.15) is 0 Å². The predicted octanol–water partition coefficient (Wildman–Crippen LogP) is 3.13. The average molecular weight is 296 g/mol. The topological polar surface area (TPSA) is 58.4 Å². The van der Waals surface area contributed by atoms with E-state index < -0.39 is 0 Å². The molecule has 1 aromatic rings. The number of nitrogens with zero attached hydrogens (tertiary/aromatic N) is 1. The van der Waals surface area contributed by atoms with Crippen LogP contribution < -0.4 is 11.1 Å². The highest BCUT2D eigenvalue weighted by Crippen LogP contribution is 2.24. The summed E-state index contributed by atoms with van der Waals surface area (Å²) in [5.41, 5.74) is 6.84. The quantitative estimate of drug-likeness (QED) is 0.839. The van der Waals surface area contributed by atoms with E-state index in [-0.39, 0.29) is 5.91 Å². The lowest BCUT2D eigenvalue weighted by Crippen LogP contribution is -2.39. The Balaban J connectivity index is 1.88. The van der Waals surface area contributed by atoms with E-state index in [0.717, 1.165) is 0 Å². The van der Waals surface area contributed by atoms with Gasteiger partial charge in [-0.1, -0.05) is 30.9 Å². The van der Waals surface area contributed by atoms with Gasteiger partial charge in [0.1, 0.15) is 0 Å². The number of amides is 1. The zero-order chi connectivity index (χ0) is 14.5. The minimum Gasteiger partial charge on any atom is -0.399 e. The Kier molecular flexibility index (Phi) is 5.26. The molecule has 5 heteroatoms. The maximum absolute atomic E-state index is 12.1. The van der Waals surface area contributed by atoms with Crippen LogP contribution in [-0.4, -0.2) is 30.4 Å². The highest BCUT2D eigenvalue weighted by atomic mass is 35.5. The minimum atomic E-state index is -0.0373. The Morgan fingerprint density at radius 3 is 2.75 bits per heavy atom. The predicted molar refractivity (Wildman–Crippen MR) is 84.0 cm³/mol. The number of benzene rings is 1. The van der Waals surface area contributed by atoms with Crippen LogP contribution in [0.2, 0.25) is 5.02 Å². The normalized spacial score (nSPS) is 16.4. The summed E-state index contributed by atoms with van der Waals surface area (Å²) in [6, 6.07) is 5.63. The van der Waals surface area contributed by atoms with Gasteiger partial charge in [0.25, 0.3) is 0 Å². The van der Waals surface area contributed by atoms with E-state index in [1.165, 1.54) is 32.1 Å². The molecule has 0 unspecified atom stereocenters. The van der Waals surface area contributed by atoms with Crippen molar-refractivity contribution in [2.45, 2.75) is 38.1 Å². The monoisotopic (exact) mass is 295 g/mol. The third-order valence-electron chi connectivity index (χ3n) is 3.86. The van der Waals surface area contributed by atoms with E-state index in [1.54, 1.807) is 18.2 Å². The van der Waals surface area contributed by atoms with Gasteiger partial charge in [-0.25, -0.2) is 0 Å². The molecule has 3 N–H and O–H groups in total. The first-order chi connectivity index (χ1) is 9.56. The summed E-state index contributed by atoms with van der Waals surface area (Å²) in [6.45, 7) is 0.394. The Morgan fingerprint density at radius 2 is 2.10 bits per heavy atom. The third kappa shape index (κ3) is 4.12. The van der Waals surface area contributed by atoms with Crippen molar-refractivity contribution in [2.75, 3.05) is 24.6 Å². The summed E-state index contributed by atoms with van der Waals surface area (Å²) in [7, 11) is 2.01. The fraction of sp³-hybridized carbons (Fsp3) is 0.533. The number of likely N-dealkylation sites (N-methyl/N-ethyl adjacent to an activating group) is 1. The van der Waals surface area contributed by atoms with E-state index in [2.05, 4.69) is 10.2 Å². The van der Waals surface area contributed by atoms with Gasteiger partial charge in [0.2, 0.25) is 5.91 Å². The number of carbonyl (C=O) groups excluding carboxylic acids is 1. The second-order valence-electron chi connectivity index (χ2n) is 5.49. The molecule has 1 aromatic carbocycles. The van der Waals surface area contributed by atoms with Crippen molar-refractivity contribution >= 4 is 28.9 Å². The third-order valence-corrected chi connectivity index (χ3v) is 4.17. The molecule has 0 atom stereocenters. The standard InChI is InChI=1S/C15H22ClN3O/c1-19(12-5-3-2-4-6-12)10-15(20)18-14-8-7-11(17)9-13(14)16/h7-9,12H,2-6,10,17H2,1H3,(H,18,20). The summed E-state index contributed by atoms with van der Waals surface area (Å²) in [5, 5.41) is 3.31. The lowest BCUT2D eigenvalue weighted by molar-refractivity contribution is -0.117. The first-order valence-electron chi connectivity index (χ1n) is 7.11. The van der Waals surface area contributed by atoms with Crippen LogP contribution in [0.4, 0.5) is 11.4 Å². The molecule has 1 aliphatic carbocycles. The van der Waals surface area contributed by atoms with Gasteiger partial charge in [-0.3, -0.25) is 9.69 Å². The SMILES string of the molecule is CN(CC(=O)Nc1ccc(N)cc1Cl)C1CCCCC1. The van der Waals surface area contributed by atoms with E-state index in [0.29, 0.717) is 29.0 Å². The van der Waals surface area contributed by atoms with E-state index in [1.807, 2.05) is 7.05 Å². The highest BCUT2D eigenvalue weighted by Gasteiger charge is 2.20. The van der Waals surface area contributed by atoms with Crippen LogP contribution in [0.3, 0.4) is 0 Å². The molecule has 0 spiro atoms. The molecule has 0 aliphatic heterocycles. The summed E-state index contributed by atoms with van der Waals surface area (Å²) in [4.78, 5) is 14.2. The fourth-order valence-corrected chi connectivity index (χ4v) is 2.94. The van der Waals surface area contributed by atoms with Gasteiger partial charge in [0, 0.05) is 11.7 Å². The molecule has 1 fully saturated rings. The van der Waals surface area contributed by atoms with Gasteiger partial charge in [-0.15, -0.1) is 0 Å². The number of hydrogen-bond donors (Lipinski definition) is 2. The first-order valence-corrected chi connectivity index (χ1v) is 7.49. The van der Waals surface area contributed by atoms with Crippen molar-refractivity contribution in [1.29, 1.82) is 0 Å². The molecule has 0 bridgehead atoms. The number of hydrogen-bond acceptors (Lipinski definition) is 3. The molecule has 4 nitrogen and oxygen atoms in total. The molecule has 1 amide bonds. The van der Waals surface area contributed by atoms with Crippen molar-refractivity contribution in [3.63, 3.8) is 0 Å². The van der Waals surface area contributed by atoms with Crippen LogP contribution in [0, 0.1) is 0 Å². The Labute approximate surface area is 125 Å². The zero-order valence-electron chi connectivity index (χ0n) is 11.9. The number of nitrogen functional groups attached to an aromatic ring is 1. The van der Waals surface area contributed by atoms with Crippen molar-refractivity contribution in [2.24, 2.45) is 0 Å². The van der Waals surface area contributed by atoms with Gasteiger partial charge in [0.15, 0.2) is 0 Å². The smallest absolute Gasteiger partial charge is 0.238 e. The molecular formula is C15H22ClN3O. The van der Waals surface area contributed by atoms with E-state index in [9.17, 15) is 4.79 Å². The van der Waals surface area contributed by atoms with Crippen LogP contribution >= 0.6 is 11.6 Å². The summed E-state index contributed by atoms with van der Waals surface area (Å²) >= 11 is 6.05. The van der Waals surface area contributed by atoms with Crippen LogP contribution in [-0.2, 0) is 4.79 Å². The largest absolute Gasteiger partial charge is 0.399 e. The molecule has 0 saturated heterocycles. The lowest BCUT2D eigenvalue weighted by Gasteiger charge is -2.30. The number of nitrogens with one attached hydrogen (secondary N) is 1. The molecule has 110 valence electrons. The summed E-state index contributed by atoms with van der Waals surface area (Å²) < 4.78 is 0. The molecule has 1 aliphatic rings. The van der Waals surface area contributed by atoms with Gasteiger partial charge >= 0.3 is 0 Å². The highest BCUT2D eigenvalue weighted by molar-refractivity contribution is 6.34. The molecule has 0 aromatic heterocycles. The van der Waals surface area contributed by atoms with Crippen LogP contribution in [0.25, 0.3) is 0 Å². The van der Waals surface area contributed by atoms with Crippen molar-refractivity contribution < 1.29 is 4.79 Å². The van der Waals surface area contributed by atoms with Crippen LogP contribution in [0.5, 0.6) is 0 Å². The van der Waals surface area contributed by atoms with Gasteiger partial charge in [-0.05, 0) is 38.1 Å². The Bertz CT molecular complexity index is 472. The average Bonchev–Trinajstić information content (AvgIpc) is 2.43. The summed E-state index contributed by atoms with van der Waals surface area (Å²) in [6.07, 6.45) is 6.22. The van der Waals surface area contributed by atoms with Crippen molar-refractivity contribution in [3.05, 3.63) is 23.2 Å². The number of carbonyl (C=O) groups is 1. The van der Waals surface area contributed by atoms with Gasteiger partial charge < -0.3 is 11.1 Å². The Hall–Kier alpha value is -1.26. The van der Waals surface area contributed by atoms with E-state index >= 15 is 0 Å². The van der Waals surface area contributed by atoms with E-state index in [4.69, 9.17) is 17.3 Å². The minimum absolute atomic E-state index is 0.0373. The molecular weight excluding hydrogens is 274 g/mol. The van der Waals surface area contributed by atoms with Crippen LogP contribution in [0.1, 0.15) is 32.1 Å².